The molecule has 0 bridgehead atoms. The summed E-state index contributed by atoms with van der Waals surface area (Å²) < 4.78 is 0. The van der Waals surface area contributed by atoms with Gasteiger partial charge in [-0.1, -0.05) is 26.3 Å². The fraction of sp³-hybridized carbons (Fsp3) is 0.667. The van der Waals surface area contributed by atoms with Crippen molar-refractivity contribution in [2.24, 2.45) is 17.8 Å². The van der Waals surface area contributed by atoms with Crippen LogP contribution in [-0.2, 0) is 0 Å². The van der Waals surface area contributed by atoms with E-state index in [1.807, 2.05) is 19.1 Å². The first-order valence-corrected chi connectivity index (χ1v) is 6.69. The number of rotatable bonds is 2. The van der Waals surface area contributed by atoms with Gasteiger partial charge in [-0.2, -0.15) is 0 Å². The predicted molar refractivity (Wildman–Crippen MR) is 69.6 cm³/mol. The van der Waals surface area contributed by atoms with Crippen molar-refractivity contribution in [3.8, 4) is 0 Å². The molecule has 1 N–H and O–H groups in total. The van der Waals surface area contributed by atoms with E-state index in [1.54, 1.807) is 6.20 Å². The van der Waals surface area contributed by atoms with Crippen LogP contribution in [0.25, 0.3) is 0 Å². The number of aryl methyl sites for hydroxylation is 1. The number of nitrogens with zero attached hydrogens (tertiary/aromatic N) is 1. The van der Waals surface area contributed by atoms with E-state index in [1.165, 1.54) is 6.42 Å². The maximum Gasteiger partial charge on any atom is 0.0990 e. The zero-order valence-electron chi connectivity index (χ0n) is 11.1. The molecule has 0 aliphatic heterocycles. The molecule has 1 aromatic heterocycles. The number of hydrogen-bond acceptors (Lipinski definition) is 2. The van der Waals surface area contributed by atoms with Crippen molar-refractivity contribution in [3.63, 3.8) is 0 Å². The van der Waals surface area contributed by atoms with Gasteiger partial charge in [0, 0.05) is 6.20 Å². The van der Waals surface area contributed by atoms with Gasteiger partial charge in [-0.05, 0) is 49.1 Å². The monoisotopic (exact) mass is 233 g/mol. The highest BCUT2D eigenvalue weighted by Crippen LogP contribution is 2.39. The molecule has 2 heteroatoms. The minimum atomic E-state index is -0.383. The van der Waals surface area contributed by atoms with Crippen molar-refractivity contribution >= 4 is 0 Å². The molecule has 4 atom stereocenters. The Bertz CT molecular complexity index is 377. The molecule has 1 aliphatic carbocycles. The first kappa shape index (κ1) is 12.6. The van der Waals surface area contributed by atoms with E-state index in [4.69, 9.17) is 0 Å². The number of hydrogen-bond donors (Lipinski definition) is 1. The Labute approximate surface area is 104 Å². The zero-order valence-corrected chi connectivity index (χ0v) is 11.1. The highest BCUT2D eigenvalue weighted by Gasteiger charge is 2.30. The van der Waals surface area contributed by atoms with Gasteiger partial charge in [0.25, 0.3) is 0 Å². The Kier molecular flexibility index (Phi) is 3.82. The van der Waals surface area contributed by atoms with Crippen molar-refractivity contribution in [1.29, 1.82) is 0 Å². The first-order valence-electron chi connectivity index (χ1n) is 6.69. The fourth-order valence-electron chi connectivity index (χ4n) is 2.91. The Morgan fingerprint density at radius 1 is 1.29 bits per heavy atom. The predicted octanol–water partition coefficient (Wildman–Crippen LogP) is 3.50. The average molecular weight is 233 g/mol. The van der Waals surface area contributed by atoms with Crippen LogP contribution in [0.5, 0.6) is 0 Å². The third kappa shape index (κ3) is 2.68. The lowest BCUT2D eigenvalue weighted by atomic mass is 9.73. The lowest BCUT2D eigenvalue weighted by Crippen LogP contribution is -2.26. The van der Waals surface area contributed by atoms with E-state index < -0.39 is 0 Å². The molecule has 2 nitrogen and oxygen atoms in total. The van der Waals surface area contributed by atoms with Crippen molar-refractivity contribution in [2.45, 2.75) is 46.1 Å². The number of aromatic nitrogens is 1. The maximum atomic E-state index is 10.5. The molecular weight excluding hydrogens is 210 g/mol. The van der Waals surface area contributed by atoms with E-state index in [0.717, 1.165) is 30.0 Å². The molecule has 4 unspecified atom stereocenters. The van der Waals surface area contributed by atoms with E-state index in [0.29, 0.717) is 11.8 Å². The second-order valence-corrected chi connectivity index (χ2v) is 5.68. The van der Waals surface area contributed by atoms with Gasteiger partial charge in [0.15, 0.2) is 0 Å². The minimum absolute atomic E-state index is 0.383. The molecule has 2 rings (SSSR count). The molecule has 1 fully saturated rings. The highest BCUT2D eigenvalue weighted by molar-refractivity contribution is 5.20. The number of aliphatic hydroxyl groups is 1. The topological polar surface area (TPSA) is 33.1 Å². The van der Waals surface area contributed by atoms with Crippen molar-refractivity contribution in [2.75, 3.05) is 0 Å². The van der Waals surface area contributed by atoms with Crippen LogP contribution in [0.3, 0.4) is 0 Å². The van der Waals surface area contributed by atoms with Crippen LogP contribution >= 0.6 is 0 Å². The van der Waals surface area contributed by atoms with Crippen LogP contribution in [0, 0.1) is 24.7 Å². The zero-order chi connectivity index (χ0) is 12.4. The molecule has 1 aliphatic rings. The second-order valence-electron chi connectivity index (χ2n) is 5.68. The quantitative estimate of drug-likeness (QED) is 0.848. The largest absolute Gasteiger partial charge is 0.387 e. The lowest BCUT2D eigenvalue weighted by molar-refractivity contribution is 0.0527. The van der Waals surface area contributed by atoms with Gasteiger partial charge in [-0.3, -0.25) is 4.98 Å². The summed E-state index contributed by atoms with van der Waals surface area (Å²) in [5.74, 6) is 1.89. The molecule has 1 saturated carbocycles. The number of pyridine rings is 1. The summed E-state index contributed by atoms with van der Waals surface area (Å²) in [6, 6.07) is 3.96. The van der Waals surface area contributed by atoms with Crippen molar-refractivity contribution in [3.05, 3.63) is 29.6 Å². The van der Waals surface area contributed by atoms with Gasteiger partial charge in [-0.15, -0.1) is 0 Å². The molecule has 0 radical (unpaired) electrons. The smallest absolute Gasteiger partial charge is 0.0990 e. The van der Waals surface area contributed by atoms with Crippen molar-refractivity contribution < 1.29 is 5.11 Å². The molecule has 94 valence electrons. The van der Waals surface area contributed by atoms with Crippen LogP contribution in [0.2, 0.25) is 0 Å². The Morgan fingerprint density at radius 3 is 2.71 bits per heavy atom. The Balaban J connectivity index is 2.10. The molecule has 0 saturated heterocycles. The fourth-order valence-corrected chi connectivity index (χ4v) is 2.91. The summed E-state index contributed by atoms with van der Waals surface area (Å²) in [6.07, 6.45) is 4.88. The third-order valence-corrected chi connectivity index (χ3v) is 4.42. The van der Waals surface area contributed by atoms with E-state index >= 15 is 0 Å². The SMILES string of the molecule is Cc1cccnc1C(O)C1CCC(C)C(C)C1. The van der Waals surface area contributed by atoms with Gasteiger partial charge < -0.3 is 5.11 Å². The third-order valence-electron chi connectivity index (χ3n) is 4.42. The first-order chi connectivity index (χ1) is 8.09. The summed E-state index contributed by atoms with van der Waals surface area (Å²) in [5.41, 5.74) is 1.98. The van der Waals surface area contributed by atoms with Gasteiger partial charge in [0.1, 0.15) is 0 Å². The van der Waals surface area contributed by atoms with Gasteiger partial charge in [-0.25, -0.2) is 0 Å². The van der Waals surface area contributed by atoms with E-state index in [9.17, 15) is 5.11 Å². The molecule has 0 aromatic carbocycles. The maximum absolute atomic E-state index is 10.5. The Hall–Kier alpha value is -0.890. The minimum Gasteiger partial charge on any atom is -0.387 e. The van der Waals surface area contributed by atoms with Gasteiger partial charge >= 0.3 is 0 Å². The summed E-state index contributed by atoms with van der Waals surface area (Å²) in [4.78, 5) is 4.35. The lowest BCUT2D eigenvalue weighted by Gasteiger charge is -2.34. The highest BCUT2D eigenvalue weighted by atomic mass is 16.3. The normalized spacial score (nSPS) is 31.2. The Morgan fingerprint density at radius 2 is 2.06 bits per heavy atom. The summed E-state index contributed by atoms with van der Waals surface area (Å²) >= 11 is 0. The summed E-state index contributed by atoms with van der Waals surface area (Å²) in [7, 11) is 0. The van der Waals surface area contributed by atoms with E-state index in [-0.39, 0.29) is 6.10 Å². The standard InChI is InChI=1S/C15H23NO/c1-10-6-7-13(9-12(10)3)15(17)14-11(2)5-4-8-16-14/h4-5,8,10,12-13,15,17H,6-7,9H2,1-3H3. The molecule has 17 heavy (non-hydrogen) atoms. The van der Waals surface area contributed by atoms with Crippen LogP contribution in [0.4, 0.5) is 0 Å². The van der Waals surface area contributed by atoms with Crippen LogP contribution in [-0.4, -0.2) is 10.1 Å². The van der Waals surface area contributed by atoms with Gasteiger partial charge in [0.05, 0.1) is 11.8 Å². The second kappa shape index (κ2) is 5.18. The summed E-state index contributed by atoms with van der Waals surface area (Å²) in [5, 5.41) is 10.5. The van der Waals surface area contributed by atoms with Crippen LogP contribution in [0.15, 0.2) is 18.3 Å². The van der Waals surface area contributed by atoms with Crippen LogP contribution in [0.1, 0.15) is 50.5 Å². The average Bonchev–Trinajstić information content (AvgIpc) is 2.32. The van der Waals surface area contributed by atoms with E-state index in [2.05, 4.69) is 18.8 Å². The molecule has 1 heterocycles. The van der Waals surface area contributed by atoms with Crippen molar-refractivity contribution in [1.82, 2.24) is 4.98 Å². The molecular formula is C15H23NO. The molecule has 1 aromatic rings. The number of aliphatic hydroxyl groups excluding tert-OH is 1. The van der Waals surface area contributed by atoms with Gasteiger partial charge in [0.2, 0.25) is 0 Å². The molecule has 0 spiro atoms. The van der Waals surface area contributed by atoms with Crippen LogP contribution < -0.4 is 0 Å². The summed E-state index contributed by atoms with van der Waals surface area (Å²) in [6.45, 7) is 6.65. The molecule has 0 amide bonds.